The molecular formula is C10H8ClN5O3. The molecule has 0 bridgehead atoms. The van der Waals surface area contributed by atoms with E-state index >= 15 is 0 Å². The first-order chi connectivity index (χ1) is 8.97. The molecule has 0 saturated carbocycles. The van der Waals surface area contributed by atoms with Gasteiger partial charge in [0.25, 0.3) is 11.6 Å². The molecule has 2 aromatic heterocycles. The van der Waals surface area contributed by atoms with Gasteiger partial charge in [-0.1, -0.05) is 11.6 Å². The van der Waals surface area contributed by atoms with Crippen molar-refractivity contribution in [3.05, 3.63) is 45.4 Å². The summed E-state index contributed by atoms with van der Waals surface area (Å²) in [5, 5.41) is 16.9. The predicted octanol–water partition coefficient (Wildman–Crippen LogP) is 1.63. The first kappa shape index (κ1) is 13.0. The molecule has 0 aliphatic carbocycles. The normalized spacial score (nSPS) is 10.2. The zero-order chi connectivity index (χ0) is 14.0. The number of aromatic nitrogens is 3. The number of hydrogen-bond donors (Lipinski definition) is 1. The number of nitrogens with one attached hydrogen (secondary N) is 1. The second-order valence-corrected chi connectivity index (χ2v) is 3.98. The largest absolute Gasteiger partial charge is 0.305 e. The third-order valence-corrected chi connectivity index (χ3v) is 2.54. The Kier molecular flexibility index (Phi) is 3.43. The fraction of sp³-hybridized carbons (Fsp3) is 0.100. The highest BCUT2D eigenvalue weighted by atomic mass is 35.5. The summed E-state index contributed by atoms with van der Waals surface area (Å²) >= 11 is 5.75. The van der Waals surface area contributed by atoms with Crippen LogP contribution in [-0.4, -0.2) is 25.6 Å². The van der Waals surface area contributed by atoms with Crippen molar-refractivity contribution >= 4 is 29.0 Å². The Labute approximate surface area is 112 Å². The van der Waals surface area contributed by atoms with E-state index in [4.69, 9.17) is 11.6 Å². The lowest BCUT2D eigenvalue weighted by atomic mass is 10.2. The van der Waals surface area contributed by atoms with Crippen LogP contribution >= 0.6 is 11.6 Å². The van der Waals surface area contributed by atoms with Crippen LogP contribution in [-0.2, 0) is 7.05 Å². The summed E-state index contributed by atoms with van der Waals surface area (Å²) in [5.41, 5.74) is -0.392. The molecule has 0 atom stereocenters. The number of carbonyl (C=O) groups excluding carboxylic acids is 1. The number of hydrogen-bond acceptors (Lipinski definition) is 5. The summed E-state index contributed by atoms with van der Waals surface area (Å²) in [6, 6.07) is 2.64. The molecule has 9 heteroatoms. The van der Waals surface area contributed by atoms with Crippen LogP contribution in [0.2, 0.25) is 5.15 Å². The molecule has 0 saturated heterocycles. The molecule has 98 valence electrons. The van der Waals surface area contributed by atoms with Gasteiger partial charge in [0.2, 0.25) is 0 Å². The van der Waals surface area contributed by atoms with E-state index in [1.165, 1.54) is 4.68 Å². The van der Waals surface area contributed by atoms with Crippen molar-refractivity contribution < 1.29 is 9.72 Å². The number of amides is 1. The molecule has 1 amide bonds. The molecule has 0 radical (unpaired) electrons. The number of pyridine rings is 1. The van der Waals surface area contributed by atoms with Gasteiger partial charge < -0.3 is 5.32 Å². The van der Waals surface area contributed by atoms with Crippen molar-refractivity contribution in [2.45, 2.75) is 0 Å². The zero-order valence-corrected chi connectivity index (χ0v) is 10.5. The number of anilines is 1. The number of carbonyl (C=O) groups is 1. The standard InChI is InChI=1S/C10H8ClN5O3/c1-15-3-2-8(14-15)13-10(17)7-4-6(16(18)19)5-12-9(7)11/h2-5H,1H3,(H,13,14,17). The lowest BCUT2D eigenvalue weighted by Crippen LogP contribution is -2.14. The van der Waals surface area contributed by atoms with Crippen LogP contribution in [0.4, 0.5) is 11.5 Å². The summed E-state index contributed by atoms with van der Waals surface area (Å²) in [6.45, 7) is 0. The molecule has 19 heavy (non-hydrogen) atoms. The minimum absolute atomic E-state index is 0.0819. The molecule has 2 rings (SSSR count). The lowest BCUT2D eigenvalue weighted by molar-refractivity contribution is -0.385. The smallest absolute Gasteiger partial charge is 0.288 e. The van der Waals surface area contributed by atoms with Gasteiger partial charge in [0.15, 0.2) is 5.82 Å². The molecule has 1 N–H and O–H groups in total. The topological polar surface area (TPSA) is 103 Å². The van der Waals surface area contributed by atoms with Crippen molar-refractivity contribution in [3.8, 4) is 0 Å². The lowest BCUT2D eigenvalue weighted by Gasteiger charge is -2.03. The van der Waals surface area contributed by atoms with Gasteiger partial charge in [-0.25, -0.2) is 4.98 Å². The first-order valence-corrected chi connectivity index (χ1v) is 5.46. The van der Waals surface area contributed by atoms with Gasteiger partial charge in [-0.15, -0.1) is 0 Å². The summed E-state index contributed by atoms with van der Waals surface area (Å²) in [4.78, 5) is 25.5. The Balaban J connectivity index is 2.27. The van der Waals surface area contributed by atoms with Crippen molar-refractivity contribution in [2.75, 3.05) is 5.32 Å². The van der Waals surface area contributed by atoms with Crippen molar-refractivity contribution in [1.82, 2.24) is 14.8 Å². The summed E-state index contributed by atoms with van der Waals surface area (Å²) in [6.07, 6.45) is 2.63. The Hall–Kier alpha value is -2.48. The third kappa shape index (κ3) is 2.86. The van der Waals surface area contributed by atoms with Crippen LogP contribution in [0, 0.1) is 10.1 Å². The first-order valence-electron chi connectivity index (χ1n) is 5.08. The van der Waals surface area contributed by atoms with Gasteiger partial charge in [-0.05, 0) is 0 Å². The fourth-order valence-electron chi connectivity index (χ4n) is 1.36. The van der Waals surface area contributed by atoms with Gasteiger partial charge >= 0.3 is 0 Å². The average molecular weight is 282 g/mol. The number of rotatable bonds is 3. The molecule has 0 aliphatic heterocycles. The van der Waals surface area contributed by atoms with Crippen LogP contribution < -0.4 is 5.32 Å². The van der Waals surface area contributed by atoms with Crippen LogP contribution in [0.1, 0.15) is 10.4 Å². The maximum atomic E-state index is 11.9. The van der Waals surface area contributed by atoms with Gasteiger partial charge in [0.1, 0.15) is 11.3 Å². The number of aryl methyl sites for hydroxylation is 1. The molecule has 2 aromatic rings. The second-order valence-electron chi connectivity index (χ2n) is 3.62. The molecule has 0 unspecified atom stereocenters. The molecule has 0 aromatic carbocycles. The van der Waals surface area contributed by atoms with Crippen molar-refractivity contribution in [1.29, 1.82) is 0 Å². The summed E-state index contributed by atoms with van der Waals surface area (Å²) < 4.78 is 1.50. The van der Waals surface area contributed by atoms with Crippen molar-refractivity contribution in [2.24, 2.45) is 7.05 Å². The Morgan fingerprint density at radius 3 is 2.89 bits per heavy atom. The number of nitrogens with zero attached hydrogens (tertiary/aromatic N) is 4. The Bertz CT molecular complexity index is 654. The van der Waals surface area contributed by atoms with Crippen LogP contribution in [0.5, 0.6) is 0 Å². The van der Waals surface area contributed by atoms with E-state index in [0.29, 0.717) is 5.82 Å². The highest BCUT2D eigenvalue weighted by Crippen LogP contribution is 2.20. The van der Waals surface area contributed by atoms with E-state index in [9.17, 15) is 14.9 Å². The van der Waals surface area contributed by atoms with E-state index in [2.05, 4.69) is 15.4 Å². The monoisotopic (exact) mass is 281 g/mol. The van der Waals surface area contributed by atoms with Gasteiger partial charge in [-0.3, -0.25) is 19.6 Å². The van der Waals surface area contributed by atoms with Crippen LogP contribution in [0.15, 0.2) is 24.5 Å². The number of halogens is 1. The van der Waals surface area contributed by atoms with E-state index in [1.54, 1.807) is 19.3 Å². The maximum absolute atomic E-state index is 11.9. The van der Waals surface area contributed by atoms with Crippen LogP contribution in [0.3, 0.4) is 0 Å². The SMILES string of the molecule is Cn1ccc(NC(=O)c2cc([N+](=O)[O-])cnc2Cl)n1. The van der Waals surface area contributed by atoms with Gasteiger partial charge in [0.05, 0.1) is 10.5 Å². The quantitative estimate of drug-likeness (QED) is 0.523. The van der Waals surface area contributed by atoms with E-state index in [1.807, 2.05) is 0 Å². The van der Waals surface area contributed by atoms with E-state index < -0.39 is 10.8 Å². The zero-order valence-electron chi connectivity index (χ0n) is 9.70. The minimum Gasteiger partial charge on any atom is -0.305 e. The predicted molar refractivity (Wildman–Crippen MR) is 67.1 cm³/mol. The molecule has 2 heterocycles. The molecular weight excluding hydrogens is 274 g/mol. The van der Waals surface area contributed by atoms with Crippen LogP contribution in [0.25, 0.3) is 0 Å². The second kappa shape index (κ2) is 5.02. The molecule has 0 spiro atoms. The highest BCUT2D eigenvalue weighted by molar-refractivity contribution is 6.33. The average Bonchev–Trinajstić information content (AvgIpc) is 2.74. The summed E-state index contributed by atoms with van der Waals surface area (Å²) in [7, 11) is 1.69. The third-order valence-electron chi connectivity index (χ3n) is 2.24. The molecule has 8 nitrogen and oxygen atoms in total. The Morgan fingerprint density at radius 2 is 2.32 bits per heavy atom. The minimum atomic E-state index is -0.652. The van der Waals surface area contributed by atoms with Gasteiger partial charge in [0, 0.05) is 25.4 Å². The molecule has 0 aliphatic rings. The highest BCUT2D eigenvalue weighted by Gasteiger charge is 2.17. The Morgan fingerprint density at radius 1 is 1.58 bits per heavy atom. The maximum Gasteiger partial charge on any atom is 0.288 e. The molecule has 0 fully saturated rings. The number of nitro groups is 1. The van der Waals surface area contributed by atoms with Gasteiger partial charge in [-0.2, -0.15) is 5.10 Å². The van der Waals surface area contributed by atoms with Crippen molar-refractivity contribution in [3.63, 3.8) is 0 Å². The fourth-order valence-corrected chi connectivity index (χ4v) is 1.55. The summed E-state index contributed by atoms with van der Waals surface area (Å²) in [5.74, 6) is -0.296. The van der Waals surface area contributed by atoms with E-state index in [0.717, 1.165) is 12.3 Å². The van der Waals surface area contributed by atoms with E-state index in [-0.39, 0.29) is 16.4 Å².